The van der Waals surface area contributed by atoms with Crippen LogP contribution in [0.4, 0.5) is 0 Å². The summed E-state index contributed by atoms with van der Waals surface area (Å²) in [7, 11) is 3.25. The molecule has 0 aliphatic heterocycles. The number of aromatic nitrogens is 3. The van der Waals surface area contributed by atoms with Crippen LogP contribution in [0, 0.1) is 0 Å². The van der Waals surface area contributed by atoms with Gasteiger partial charge in [-0.25, -0.2) is 4.98 Å². The number of aromatic amines is 1. The summed E-state index contributed by atoms with van der Waals surface area (Å²) in [4.78, 5) is 12.1. The van der Waals surface area contributed by atoms with E-state index in [1.165, 1.54) is 0 Å². The van der Waals surface area contributed by atoms with Gasteiger partial charge in [0.05, 0.1) is 31.3 Å². The fourth-order valence-electron chi connectivity index (χ4n) is 3.29. The minimum atomic E-state index is -0.255. The molecule has 0 bridgehead atoms. The normalized spacial score (nSPS) is 12.1. The number of hydrogen-bond acceptors (Lipinski definition) is 5. The third-order valence-corrected chi connectivity index (χ3v) is 4.77. The van der Waals surface area contributed by atoms with Crippen molar-refractivity contribution in [3.63, 3.8) is 0 Å². The number of nitrogens with zero attached hydrogens (tertiary/aromatic N) is 2. The van der Waals surface area contributed by atoms with Crippen molar-refractivity contribution in [3.05, 3.63) is 72.3 Å². The lowest BCUT2D eigenvalue weighted by molar-refractivity contribution is 0.354. The molecular weight excluding hydrogens is 352 g/mol. The lowest BCUT2D eigenvalue weighted by Crippen LogP contribution is -2.15. The van der Waals surface area contributed by atoms with Crippen molar-refractivity contribution in [2.75, 3.05) is 14.2 Å². The highest BCUT2D eigenvalue weighted by atomic mass is 16.5. The van der Waals surface area contributed by atoms with E-state index in [9.17, 15) is 0 Å². The molecule has 6 heteroatoms. The zero-order valence-electron chi connectivity index (χ0n) is 15.8. The second kappa shape index (κ2) is 7.70. The molecule has 6 nitrogen and oxygen atoms in total. The van der Waals surface area contributed by atoms with E-state index in [2.05, 4.69) is 27.1 Å². The molecule has 2 heterocycles. The van der Waals surface area contributed by atoms with Crippen molar-refractivity contribution in [1.29, 1.82) is 0 Å². The van der Waals surface area contributed by atoms with Gasteiger partial charge in [0.2, 0.25) is 0 Å². The van der Waals surface area contributed by atoms with E-state index < -0.39 is 0 Å². The Hall–Kier alpha value is -3.38. The van der Waals surface area contributed by atoms with Gasteiger partial charge < -0.3 is 20.2 Å². The number of nitrogens with two attached hydrogens (primary N) is 1. The zero-order valence-corrected chi connectivity index (χ0v) is 15.8. The summed E-state index contributed by atoms with van der Waals surface area (Å²) in [5, 5.41) is 0. The molecule has 1 atom stereocenters. The SMILES string of the molecule is COc1ccc(CC(N)c2nc3ccc(-c4ccncc4)cc3[nH]2)cc1OC. The molecule has 4 rings (SSSR count). The van der Waals surface area contributed by atoms with E-state index in [0.29, 0.717) is 17.9 Å². The third-order valence-electron chi connectivity index (χ3n) is 4.77. The van der Waals surface area contributed by atoms with E-state index in [-0.39, 0.29) is 6.04 Å². The predicted octanol–water partition coefficient (Wildman–Crippen LogP) is 3.88. The number of H-pyrrole nitrogens is 1. The van der Waals surface area contributed by atoms with Crippen LogP contribution in [0.25, 0.3) is 22.2 Å². The number of fused-ring (bicyclic) bond motifs is 1. The molecule has 0 spiro atoms. The maximum Gasteiger partial charge on any atom is 0.160 e. The monoisotopic (exact) mass is 374 g/mol. The van der Waals surface area contributed by atoms with E-state index >= 15 is 0 Å². The molecule has 2 aromatic heterocycles. The van der Waals surface area contributed by atoms with Crippen LogP contribution in [0.3, 0.4) is 0 Å². The van der Waals surface area contributed by atoms with Gasteiger partial charge in [0, 0.05) is 12.4 Å². The number of hydrogen-bond donors (Lipinski definition) is 2. The fourth-order valence-corrected chi connectivity index (χ4v) is 3.29. The van der Waals surface area contributed by atoms with Crippen molar-refractivity contribution < 1.29 is 9.47 Å². The lowest BCUT2D eigenvalue weighted by atomic mass is 10.1. The lowest BCUT2D eigenvalue weighted by Gasteiger charge is -2.12. The average Bonchev–Trinajstić information content (AvgIpc) is 3.18. The first-order valence-corrected chi connectivity index (χ1v) is 9.04. The highest BCUT2D eigenvalue weighted by Gasteiger charge is 2.14. The van der Waals surface area contributed by atoms with Crippen molar-refractivity contribution in [2.24, 2.45) is 5.73 Å². The molecule has 0 saturated heterocycles. The number of benzene rings is 2. The van der Waals surface area contributed by atoms with E-state index in [4.69, 9.17) is 15.2 Å². The van der Waals surface area contributed by atoms with Gasteiger partial charge in [-0.05, 0) is 59.5 Å². The largest absolute Gasteiger partial charge is 0.493 e. The van der Waals surface area contributed by atoms with Crippen LogP contribution in [0.2, 0.25) is 0 Å². The Bertz CT molecular complexity index is 1090. The molecule has 1 unspecified atom stereocenters. The fraction of sp³-hybridized carbons (Fsp3) is 0.182. The summed E-state index contributed by atoms with van der Waals surface area (Å²) in [6.07, 6.45) is 4.21. The zero-order chi connectivity index (χ0) is 19.5. The first kappa shape index (κ1) is 18.0. The summed E-state index contributed by atoms with van der Waals surface area (Å²) < 4.78 is 10.7. The molecule has 2 aromatic carbocycles. The van der Waals surface area contributed by atoms with Gasteiger partial charge in [-0.15, -0.1) is 0 Å². The summed E-state index contributed by atoms with van der Waals surface area (Å²) >= 11 is 0. The molecule has 0 saturated carbocycles. The Labute approximate surface area is 163 Å². The van der Waals surface area contributed by atoms with Crippen LogP contribution < -0.4 is 15.2 Å². The minimum absolute atomic E-state index is 0.255. The van der Waals surface area contributed by atoms with Crippen molar-refractivity contribution in [2.45, 2.75) is 12.5 Å². The highest BCUT2D eigenvalue weighted by molar-refractivity contribution is 5.82. The Morgan fingerprint density at radius 1 is 0.929 bits per heavy atom. The second-order valence-corrected chi connectivity index (χ2v) is 6.59. The van der Waals surface area contributed by atoms with E-state index in [1.54, 1.807) is 26.6 Å². The molecule has 0 fully saturated rings. The van der Waals surface area contributed by atoms with Crippen LogP contribution >= 0.6 is 0 Å². The standard InChI is InChI=1S/C22H22N4O2/c1-27-20-6-3-14(12-21(20)28-2)11-17(23)22-25-18-5-4-16(13-19(18)26-22)15-7-9-24-10-8-15/h3-10,12-13,17H,11,23H2,1-2H3,(H,25,26). The number of imidazole rings is 1. The molecule has 0 aliphatic rings. The Morgan fingerprint density at radius 2 is 1.71 bits per heavy atom. The summed E-state index contributed by atoms with van der Waals surface area (Å²) in [5.74, 6) is 2.16. The maximum absolute atomic E-state index is 6.43. The van der Waals surface area contributed by atoms with Gasteiger partial charge >= 0.3 is 0 Å². The van der Waals surface area contributed by atoms with Gasteiger partial charge in [0.25, 0.3) is 0 Å². The van der Waals surface area contributed by atoms with E-state index in [1.807, 2.05) is 36.4 Å². The van der Waals surface area contributed by atoms with Crippen molar-refractivity contribution >= 4 is 11.0 Å². The molecule has 0 aliphatic carbocycles. The maximum atomic E-state index is 6.43. The minimum Gasteiger partial charge on any atom is -0.493 e. The topological polar surface area (TPSA) is 86.0 Å². The Balaban J connectivity index is 1.58. The molecule has 0 radical (unpaired) electrons. The number of ether oxygens (including phenoxy) is 2. The van der Waals surface area contributed by atoms with Crippen LogP contribution in [-0.2, 0) is 6.42 Å². The van der Waals surface area contributed by atoms with Crippen LogP contribution in [-0.4, -0.2) is 29.2 Å². The molecular formula is C22H22N4O2. The number of methoxy groups -OCH3 is 2. The van der Waals surface area contributed by atoms with Crippen LogP contribution in [0.15, 0.2) is 60.9 Å². The van der Waals surface area contributed by atoms with Crippen LogP contribution in [0.1, 0.15) is 17.4 Å². The Morgan fingerprint density at radius 3 is 2.46 bits per heavy atom. The Kier molecular flexibility index (Phi) is 4.95. The smallest absolute Gasteiger partial charge is 0.160 e. The summed E-state index contributed by atoms with van der Waals surface area (Å²) in [6.45, 7) is 0. The molecule has 4 aromatic rings. The van der Waals surface area contributed by atoms with Gasteiger partial charge in [-0.2, -0.15) is 0 Å². The number of rotatable bonds is 6. The third kappa shape index (κ3) is 3.54. The van der Waals surface area contributed by atoms with Gasteiger partial charge in [-0.1, -0.05) is 12.1 Å². The molecule has 3 N–H and O–H groups in total. The average molecular weight is 374 g/mol. The first-order valence-electron chi connectivity index (χ1n) is 9.04. The van der Waals surface area contributed by atoms with Gasteiger partial charge in [0.1, 0.15) is 5.82 Å². The molecule has 142 valence electrons. The van der Waals surface area contributed by atoms with Crippen molar-refractivity contribution in [1.82, 2.24) is 15.0 Å². The highest BCUT2D eigenvalue weighted by Crippen LogP contribution is 2.29. The first-order chi connectivity index (χ1) is 13.7. The van der Waals surface area contributed by atoms with Gasteiger partial charge in [-0.3, -0.25) is 4.98 Å². The predicted molar refractivity (Wildman–Crippen MR) is 110 cm³/mol. The van der Waals surface area contributed by atoms with Crippen LogP contribution in [0.5, 0.6) is 11.5 Å². The second-order valence-electron chi connectivity index (χ2n) is 6.59. The molecule has 0 amide bonds. The summed E-state index contributed by atoms with van der Waals surface area (Å²) in [5.41, 5.74) is 11.6. The number of pyridine rings is 1. The quantitative estimate of drug-likeness (QED) is 0.535. The van der Waals surface area contributed by atoms with E-state index in [0.717, 1.165) is 33.5 Å². The number of nitrogens with one attached hydrogen (secondary N) is 1. The molecule has 28 heavy (non-hydrogen) atoms. The summed E-state index contributed by atoms with van der Waals surface area (Å²) in [6, 6.07) is 15.7. The van der Waals surface area contributed by atoms with Gasteiger partial charge in [0.15, 0.2) is 11.5 Å². The van der Waals surface area contributed by atoms with Crippen molar-refractivity contribution in [3.8, 4) is 22.6 Å².